The summed E-state index contributed by atoms with van der Waals surface area (Å²) in [5.74, 6) is -0.995. The van der Waals surface area contributed by atoms with Crippen LogP contribution in [-0.4, -0.2) is 57.8 Å². The summed E-state index contributed by atoms with van der Waals surface area (Å²) < 4.78 is 5.46. The highest BCUT2D eigenvalue weighted by Gasteiger charge is 2.37. The number of nitrogens with one attached hydrogen (secondary N) is 2. The lowest BCUT2D eigenvalue weighted by molar-refractivity contribution is -0.141. The molecule has 45 heavy (non-hydrogen) atoms. The van der Waals surface area contributed by atoms with Crippen molar-refractivity contribution in [3.05, 3.63) is 107 Å². The lowest BCUT2D eigenvalue weighted by Gasteiger charge is -2.35. The molecule has 0 bridgehead atoms. The van der Waals surface area contributed by atoms with Crippen molar-refractivity contribution < 1.29 is 29.3 Å². The SMILES string of the molecule is Cc1ccc(C(C(=O)Nc2ccc3ccccc3c2)N(CCO)C(=O)C(Cc2ccc(O)cc2)NC(=O)OC(C)(C)C)c(C)c1. The minimum absolute atomic E-state index is 0.0478. The van der Waals surface area contributed by atoms with Gasteiger partial charge in [0.2, 0.25) is 5.91 Å². The molecule has 0 heterocycles. The van der Waals surface area contributed by atoms with E-state index in [2.05, 4.69) is 10.6 Å². The number of aliphatic hydroxyl groups excluding tert-OH is 1. The number of aliphatic hydroxyl groups is 1. The number of carbonyl (C=O) groups excluding carboxylic acids is 3. The van der Waals surface area contributed by atoms with Crippen molar-refractivity contribution in [2.24, 2.45) is 0 Å². The Morgan fingerprint density at radius 1 is 0.889 bits per heavy atom. The monoisotopic (exact) mass is 611 g/mol. The van der Waals surface area contributed by atoms with Crippen molar-refractivity contribution in [2.45, 2.75) is 58.7 Å². The fraction of sp³-hybridized carbons (Fsp3) is 0.306. The van der Waals surface area contributed by atoms with Crippen LogP contribution in [0.15, 0.2) is 84.9 Å². The predicted octanol–water partition coefficient (Wildman–Crippen LogP) is 5.80. The number of amides is 3. The summed E-state index contributed by atoms with van der Waals surface area (Å²) in [4.78, 5) is 42.9. The number of aromatic hydroxyl groups is 1. The van der Waals surface area contributed by atoms with Crippen LogP contribution in [0.3, 0.4) is 0 Å². The maximum absolute atomic E-state index is 14.4. The third-order valence-electron chi connectivity index (χ3n) is 7.29. The molecule has 4 aromatic carbocycles. The van der Waals surface area contributed by atoms with Crippen molar-refractivity contribution in [1.82, 2.24) is 10.2 Å². The first-order valence-electron chi connectivity index (χ1n) is 14.9. The van der Waals surface area contributed by atoms with Crippen molar-refractivity contribution >= 4 is 34.4 Å². The number of carbonyl (C=O) groups is 3. The van der Waals surface area contributed by atoms with Crippen molar-refractivity contribution in [3.63, 3.8) is 0 Å². The number of fused-ring (bicyclic) bond motifs is 1. The molecule has 0 aliphatic heterocycles. The lowest BCUT2D eigenvalue weighted by Crippen LogP contribution is -2.54. The molecule has 236 valence electrons. The van der Waals surface area contributed by atoms with Crippen molar-refractivity contribution in [2.75, 3.05) is 18.5 Å². The molecule has 3 amide bonds. The number of phenols is 1. The highest BCUT2D eigenvalue weighted by atomic mass is 16.6. The van der Waals surface area contributed by atoms with Crippen LogP contribution < -0.4 is 10.6 Å². The Bertz CT molecular complexity index is 1660. The Labute approximate surface area is 263 Å². The van der Waals surface area contributed by atoms with Crippen LogP contribution in [0.5, 0.6) is 5.75 Å². The van der Waals surface area contributed by atoms with Gasteiger partial charge < -0.3 is 30.5 Å². The molecule has 2 unspecified atom stereocenters. The Kier molecular flexibility index (Phi) is 10.5. The van der Waals surface area contributed by atoms with Gasteiger partial charge in [0, 0.05) is 18.7 Å². The molecular weight excluding hydrogens is 570 g/mol. The van der Waals surface area contributed by atoms with Gasteiger partial charge >= 0.3 is 6.09 Å². The van der Waals surface area contributed by atoms with Crippen LogP contribution in [-0.2, 0) is 20.7 Å². The molecule has 0 aliphatic carbocycles. The molecule has 4 rings (SSSR count). The summed E-state index contributed by atoms with van der Waals surface area (Å²) in [5.41, 5.74) is 2.76. The van der Waals surface area contributed by atoms with E-state index in [1.54, 1.807) is 39.0 Å². The second-order valence-electron chi connectivity index (χ2n) is 12.1. The van der Waals surface area contributed by atoms with Crippen LogP contribution in [0.2, 0.25) is 0 Å². The van der Waals surface area contributed by atoms with Crippen LogP contribution >= 0.6 is 0 Å². The van der Waals surface area contributed by atoms with E-state index in [-0.39, 0.29) is 18.7 Å². The zero-order valence-electron chi connectivity index (χ0n) is 26.3. The quantitative estimate of drug-likeness (QED) is 0.180. The number of rotatable bonds is 10. The highest BCUT2D eigenvalue weighted by molar-refractivity contribution is 6.00. The minimum atomic E-state index is -1.15. The van der Waals surface area contributed by atoms with E-state index >= 15 is 0 Å². The first kappa shape index (κ1) is 33.0. The normalized spacial score (nSPS) is 12.7. The first-order chi connectivity index (χ1) is 21.3. The molecule has 0 saturated carbocycles. The maximum atomic E-state index is 14.4. The third kappa shape index (κ3) is 8.83. The third-order valence-corrected chi connectivity index (χ3v) is 7.29. The van der Waals surface area contributed by atoms with Crippen LogP contribution in [0.1, 0.15) is 49.1 Å². The number of ether oxygens (including phenoxy) is 1. The smallest absolute Gasteiger partial charge is 0.408 e. The van der Waals surface area contributed by atoms with E-state index in [0.29, 0.717) is 16.8 Å². The fourth-order valence-corrected chi connectivity index (χ4v) is 5.25. The Balaban J connectivity index is 1.75. The fourth-order valence-electron chi connectivity index (χ4n) is 5.25. The second-order valence-corrected chi connectivity index (χ2v) is 12.1. The molecule has 0 aliphatic rings. The van der Waals surface area contributed by atoms with Gasteiger partial charge in [-0.3, -0.25) is 9.59 Å². The summed E-state index contributed by atoms with van der Waals surface area (Å²) in [5, 5.41) is 27.6. The average Bonchev–Trinajstić information content (AvgIpc) is 2.97. The Morgan fingerprint density at radius 3 is 2.22 bits per heavy atom. The second kappa shape index (κ2) is 14.3. The number of benzene rings is 4. The number of nitrogens with zero attached hydrogens (tertiary/aromatic N) is 1. The van der Waals surface area contributed by atoms with E-state index < -0.39 is 42.2 Å². The molecule has 9 nitrogen and oxygen atoms in total. The summed E-state index contributed by atoms with van der Waals surface area (Å²) in [6, 6.07) is 23.0. The summed E-state index contributed by atoms with van der Waals surface area (Å²) in [6.07, 6.45) is -0.751. The number of alkyl carbamates (subject to hydrolysis) is 1. The molecule has 0 spiro atoms. The van der Waals surface area contributed by atoms with E-state index in [9.17, 15) is 24.6 Å². The van der Waals surface area contributed by atoms with Gasteiger partial charge in [0.1, 0.15) is 23.4 Å². The maximum Gasteiger partial charge on any atom is 0.408 e. The predicted molar refractivity (Wildman–Crippen MR) is 175 cm³/mol. The molecule has 2 atom stereocenters. The minimum Gasteiger partial charge on any atom is -0.508 e. The molecular formula is C36H41N3O6. The number of hydrogen-bond acceptors (Lipinski definition) is 6. The molecule has 0 radical (unpaired) electrons. The van der Waals surface area contributed by atoms with Crippen LogP contribution in [0.4, 0.5) is 10.5 Å². The van der Waals surface area contributed by atoms with Crippen molar-refractivity contribution in [3.8, 4) is 5.75 Å². The van der Waals surface area contributed by atoms with Gasteiger partial charge in [0.05, 0.1) is 6.61 Å². The van der Waals surface area contributed by atoms with Gasteiger partial charge in [0.25, 0.3) is 5.91 Å². The molecule has 0 saturated heterocycles. The van der Waals surface area contributed by atoms with Gasteiger partial charge in [-0.05, 0) is 86.3 Å². The van der Waals surface area contributed by atoms with Crippen LogP contribution in [0.25, 0.3) is 10.8 Å². The van der Waals surface area contributed by atoms with Gasteiger partial charge in [-0.15, -0.1) is 0 Å². The lowest BCUT2D eigenvalue weighted by atomic mass is 9.95. The van der Waals surface area contributed by atoms with E-state index in [4.69, 9.17) is 4.74 Å². The van der Waals surface area contributed by atoms with E-state index in [0.717, 1.165) is 21.9 Å². The zero-order valence-corrected chi connectivity index (χ0v) is 26.3. The number of aryl methyl sites for hydroxylation is 2. The van der Waals surface area contributed by atoms with Gasteiger partial charge in [-0.2, -0.15) is 0 Å². The Morgan fingerprint density at radius 2 is 1.58 bits per heavy atom. The van der Waals surface area contributed by atoms with Gasteiger partial charge in [0.15, 0.2) is 0 Å². The molecule has 4 N–H and O–H groups in total. The summed E-state index contributed by atoms with van der Waals surface area (Å²) in [6.45, 7) is 8.36. The summed E-state index contributed by atoms with van der Waals surface area (Å²) in [7, 11) is 0. The zero-order chi connectivity index (χ0) is 32.7. The first-order valence-corrected chi connectivity index (χ1v) is 14.9. The average molecular weight is 612 g/mol. The molecule has 4 aromatic rings. The topological polar surface area (TPSA) is 128 Å². The van der Waals surface area contributed by atoms with Crippen LogP contribution in [0, 0.1) is 13.8 Å². The van der Waals surface area contributed by atoms with Gasteiger partial charge in [-0.25, -0.2) is 4.79 Å². The number of hydrogen-bond donors (Lipinski definition) is 4. The highest BCUT2D eigenvalue weighted by Crippen LogP contribution is 2.29. The van der Waals surface area contributed by atoms with E-state index in [1.165, 1.54) is 17.0 Å². The Hall–Kier alpha value is -4.89. The largest absolute Gasteiger partial charge is 0.508 e. The molecule has 0 fully saturated rings. The standard InChI is InChI=1S/C36H41N3O6/c1-23-10-17-30(24(2)20-23)32(33(42)37-28-14-13-26-8-6-7-9-27(26)22-28)39(18-19-40)34(43)31(38-35(44)45-36(3,4)5)21-25-11-15-29(41)16-12-25/h6-17,20,22,31-32,40-41H,18-19,21H2,1-5H3,(H,37,42)(H,38,44). The van der Waals surface area contributed by atoms with E-state index in [1.807, 2.05) is 68.4 Å². The summed E-state index contributed by atoms with van der Waals surface area (Å²) >= 11 is 0. The van der Waals surface area contributed by atoms with Crippen molar-refractivity contribution in [1.29, 1.82) is 0 Å². The number of phenolic OH excluding ortho intramolecular Hbond substituents is 1. The molecule has 0 aromatic heterocycles. The molecule has 9 heteroatoms. The van der Waals surface area contributed by atoms with Gasteiger partial charge in [-0.1, -0.05) is 66.2 Å². The number of anilines is 1.